The van der Waals surface area contributed by atoms with E-state index in [1.165, 1.54) is 0 Å². The van der Waals surface area contributed by atoms with Crippen molar-refractivity contribution in [3.05, 3.63) is 42.0 Å². The monoisotopic (exact) mass is 203 g/mol. The lowest BCUT2D eigenvalue weighted by atomic mass is 10.1. The van der Waals surface area contributed by atoms with Gasteiger partial charge < -0.3 is 4.74 Å². The lowest BCUT2D eigenvalue weighted by molar-refractivity contribution is 0.327. The van der Waals surface area contributed by atoms with Gasteiger partial charge in [0.05, 0.1) is 6.61 Å². The van der Waals surface area contributed by atoms with E-state index in [2.05, 4.69) is 11.6 Å². The molecule has 0 saturated carbocycles. The van der Waals surface area contributed by atoms with Gasteiger partial charge >= 0.3 is 0 Å². The predicted molar refractivity (Wildman–Crippen MR) is 65.2 cm³/mol. The Hall–Kier alpha value is -1.57. The molecule has 1 aromatic carbocycles. The summed E-state index contributed by atoms with van der Waals surface area (Å²) in [6, 6.07) is 8.02. The molecule has 0 aliphatic heterocycles. The molecule has 0 amide bonds. The minimum atomic E-state index is 0.641. The van der Waals surface area contributed by atoms with Gasteiger partial charge in [-0.05, 0) is 31.5 Å². The van der Waals surface area contributed by atoms with Crippen molar-refractivity contribution >= 4 is 12.0 Å². The Labute approximate surface area is 91.3 Å². The summed E-state index contributed by atoms with van der Waals surface area (Å²) in [4.78, 5) is 4.31. The first-order valence-corrected chi connectivity index (χ1v) is 5.22. The Bertz CT molecular complexity index is 338. The van der Waals surface area contributed by atoms with E-state index in [1.807, 2.05) is 44.2 Å². The van der Waals surface area contributed by atoms with E-state index >= 15 is 0 Å². The fourth-order valence-electron chi connectivity index (χ4n) is 1.26. The molecule has 80 valence electrons. The maximum Gasteiger partial charge on any atom is 0.216 e. The molecule has 2 heteroatoms. The van der Waals surface area contributed by atoms with Crippen molar-refractivity contribution in [2.45, 2.75) is 13.8 Å². The summed E-state index contributed by atoms with van der Waals surface area (Å²) in [7, 11) is 0. The van der Waals surface area contributed by atoms with Crippen LogP contribution < -0.4 is 0 Å². The van der Waals surface area contributed by atoms with Gasteiger partial charge in [0.2, 0.25) is 5.90 Å². The van der Waals surface area contributed by atoms with E-state index in [-0.39, 0.29) is 0 Å². The van der Waals surface area contributed by atoms with Gasteiger partial charge in [0.1, 0.15) is 0 Å². The Morgan fingerprint density at radius 1 is 1.33 bits per heavy atom. The zero-order chi connectivity index (χ0) is 11.1. The first-order valence-electron chi connectivity index (χ1n) is 5.22. The molecule has 1 aromatic rings. The Kier molecular flexibility index (Phi) is 4.61. The fourth-order valence-corrected chi connectivity index (χ4v) is 1.26. The summed E-state index contributed by atoms with van der Waals surface area (Å²) < 4.78 is 5.47. The third kappa shape index (κ3) is 3.24. The lowest BCUT2D eigenvalue weighted by Crippen LogP contribution is -2.07. The van der Waals surface area contributed by atoms with Gasteiger partial charge in [-0.25, -0.2) is 0 Å². The van der Waals surface area contributed by atoms with Crippen LogP contribution in [0.2, 0.25) is 0 Å². The quantitative estimate of drug-likeness (QED) is 0.544. The molecule has 0 aliphatic carbocycles. The minimum Gasteiger partial charge on any atom is -0.478 e. The number of aliphatic imine (C=N–C) groups is 1. The van der Waals surface area contributed by atoms with Crippen molar-refractivity contribution in [1.29, 1.82) is 0 Å². The van der Waals surface area contributed by atoms with Crippen molar-refractivity contribution in [2.24, 2.45) is 4.99 Å². The van der Waals surface area contributed by atoms with Crippen LogP contribution in [-0.2, 0) is 4.74 Å². The van der Waals surface area contributed by atoms with Gasteiger partial charge in [-0.3, -0.25) is 4.99 Å². The molecule has 0 fully saturated rings. The zero-order valence-electron chi connectivity index (χ0n) is 9.36. The van der Waals surface area contributed by atoms with Gasteiger partial charge in [0.15, 0.2) is 0 Å². The number of ether oxygens (including phenoxy) is 1. The summed E-state index contributed by atoms with van der Waals surface area (Å²) in [5.74, 6) is 0.718. The van der Waals surface area contributed by atoms with Crippen LogP contribution in [0.15, 0.2) is 35.8 Å². The van der Waals surface area contributed by atoms with Crippen LogP contribution in [0.1, 0.15) is 25.0 Å². The Balaban J connectivity index is 2.91. The Morgan fingerprint density at radius 2 is 2.00 bits per heavy atom. The normalized spacial score (nSPS) is 11.2. The van der Waals surface area contributed by atoms with Crippen LogP contribution in [-0.4, -0.2) is 19.0 Å². The number of hydrogen-bond donors (Lipinski definition) is 0. The second-order valence-electron chi connectivity index (χ2n) is 3.04. The fraction of sp³-hybridized carbons (Fsp3) is 0.308. The van der Waals surface area contributed by atoms with E-state index in [1.54, 1.807) is 0 Å². The first-order chi connectivity index (χ1) is 7.31. The van der Waals surface area contributed by atoms with Gasteiger partial charge in [-0.1, -0.05) is 24.8 Å². The van der Waals surface area contributed by atoms with E-state index < -0.39 is 0 Å². The highest BCUT2D eigenvalue weighted by molar-refractivity contribution is 5.94. The molecule has 15 heavy (non-hydrogen) atoms. The topological polar surface area (TPSA) is 21.6 Å². The summed E-state index contributed by atoms with van der Waals surface area (Å²) in [5.41, 5.74) is 2.12. The summed E-state index contributed by atoms with van der Waals surface area (Å²) in [6.45, 7) is 9.05. The standard InChI is InChI=1S/C13H17NO/c1-4-11-7-9-12(10-8-11)13(14-5-2)15-6-3/h4,7-10H,1,5-6H2,2-3H3. The van der Waals surface area contributed by atoms with Gasteiger partial charge in [0, 0.05) is 12.1 Å². The number of hydrogen-bond acceptors (Lipinski definition) is 2. The molecule has 0 unspecified atom stereocenters. The molecule has 0 saturated heterocycles. The molecule has 0 N–H and O–H groups in total. The van der Waals surface area contributed by atoms with E-state index in [9.17, 15) is 0 Å². The molecule has 0 atom stereocenters. The molecule has 0 bridgehead atoms. The maximum atomic E-state index is 5.47. The first kappa shape index (κ1) is 11.5. The maximum absolute atomic E-state index is 5.47. The number of benzene rings is 1. The summed E-state index contributed by atoms with van der Waals surface area (Å²) in [5, 5.41) is 0. The van der Waals surface area contributed by atoms with E-state index in [4.69, 9.17) is 4.74 Å². The van der Waals surface area contributed by atoms with Crippen LogP contribution in [0.3, 0.4) is 0 Å². The second kappa shape index (κ2) is 6.02. The zero-order valence-corrected chi connectivity index (χ0v) is 9.36. The van der Waals surface area contributed by atoms with Crippen LogP contribution >= 0.6 is 0 Å². The second-order valence-corrected chi connectivity index (χ2v) is 3.04. The van der Waals surface area contributed by atoms with Gasteiger partial charge in [-0.15, -0.1) is 0 Å². The Morgan fingerprint density at radius 3 is 2.47 bits per heavy atom. The van der Waals surface area contributed by atoms with Crippen LogP contribution in [0, 0.1) is 0 Å². The molecule has 1 rings (SSSR count). The molecule has 0 aromatic heterocycles. The summed E-state index contributed by atoms with van der Waals surface area (Å²) >= 11 is 0. The highest BCUT2D eigenvalue weighted by Crippen LogP contribution is 2.07. The van der Waals surface area contributed by atoms with Crippen molar-refractivity contribution in [1.82, 2.24) is 0 Å². The van der Waals surface area contributed by atoms with E-state index in [0.717, 1.165) is 23.6 Å². The summed E-state index contributed by atoms with van der Waals surface area (Å²) in [6.07, 6.45) is 1.82. The molecule has 0 radical (unpaired) electrons. The third-order valence-corrected chi connectivity index (χ3v) is 1.98. The molecule has 0 aliphatic rings. The minimum absolute atomic E-state index is 0.641. The average Bonchev–Trinajstić information content (AvgIpc) is 2.29. The van der Waals surface area contributed by atoms with Gasteiger partial charge in [-0.2, -0.15) is 0 Å². The molecular weight excluding hydrogens is 186 g/mol. The third-order valence-electron chi connectivity index (χ3n) is 1.98. The molecular formula is C13H17NO. The largest absolute Gasteiger partial charge is 0.478 e. The SMILES string of the molecule is C=Cc1ccc(C(=NCC)OCC)cc1. The highest BCUT2D eigenvalue weighted by atomic mass is 16.5. The smallest absolute Gasteiger partial charge is 0.216 e. The van der Waals surface area contributed by atoms with Crippen molar-refractivity contribution < 1.29 is 4.74 Å². The highest BCUT2D eigenvalue weighted by Gasteiger charge is 2.02. The molecule has 0 heterocycles. The molecule has 2 nitrogen and oxygen atoms in total. The van der Waals surface area contributed by atoms with Crippen LogP contribution in [0.5, 0.6) is 0 Å². The lowest BCUT2D eigenvalue weighted by Gasteiger charge is -2.07. The van der Waals surface area contributed by atoms with Gasteiger partial charge in [0.25, 0.3) is 0 Å². The van der Waals surface area contributed by atoms with Crippen molar-refractivity contribution in [3.63, 3.8) is 0 Å². The van der Waals surface area contributed by atoms with E-state index in [0.29, 0.717) is 6.61 Å². The number of rotatable bonds is 4. The number of nitrogens with zero attached hydrogens (tertiary/aromatic N) is 1. The predicted octanol–water partition coefficient (Wildman–Crippen LogP) is 3.13. The molecule has 0 spiro atoms. The van der Waals surface area contributed by atoms with Crippen LogP contribution in [0.4, 0.5) is 0 Å². The van der Waals surface area contributed by atoms with Crippen molar-refractivity contribution in [2.75, 3.05) is 13.2 Å². The van der Waals surface area contributed by atoms with Crippen LogP contribution in [0.25, 0.3) is 6.08 Å². The van der Waals surface area contributed by atoms with Crippen molar-refractivity contribution in [3.8, 4) is 0 Å². The average molecular weight is 203 g/mol.